The predicted octanol–water partition coefficient (Wildman–Crippen LogP) is 7.35. The highest BCUT2D eigenvalue weighted by atomic mass is 14.1. The Morgan fingerprint density at radius 1 is 0.650 bits per heavy atom. The van der Waals surface area contributed by atoms with Crippen molar-refractivity contribution in [2.75, 3.05) is 0 Å². The van der Waals surface area contributed by atoms with Crippen molar-refractivity contribution in [2.24, 2.45) is 29.6 Å². The quantitative estimate of drug-likeness (QED) is 0.408. The van der Waals surface area contributed by atoms with E-state index in [1.54, 1.807) is 0 Å². The van der Waals surface area contributed by atoms with Crippen LogP contribution < -0.4 is 0 Å². The summed E-state index contributed by atoms with van der Waals surface area (Å²) in [6, 6.07) is 0. The van der Waals surface area contributed by atoms with Crippen LogP contribution in [0.25, 0.3) is 0 Å². The van der Waals surface area contributed by atoms with Crippen LogP contribution in [-0.4, -0.2) is 0 Å². The summed E-state index contributed by atoms with van der Waals surface area (Å²) in [5.41, 5.74) is 1.41. The highest BCUT2D eigenvalue weighted by Gasteiger charge is 2.06. The molecule has 0 aromatic heterocycles. The molecule has 0 radical (unpaired) electrons. The maximum atomic E-state index is 4.04. The molecule has 0 nitrogen and oxygen atoms in total. The molecule has 0 amide bonds. The predicted molar refractivity (Wildman–Crippen MR) is 96.1 cm³/mol. The minimum absolute atomic E-state index is 0.770. The summed E-state index contributed by atoms with van der Waals surface area (Å²) >= 11 is 0. The third-order valence-corrected chi connectivity index (χ3v) is 3.73. The van der Waals surface area contributed by atoms with Crippen molar-refractivity contribution in [1.82, 2.24) is 0 Å². The third kappa shape index (κ3) is 17.7. The van der Waals surface area contributed by atoms with Crippen molar-refractivity contribution in [3.63, 3.8) is 0 Å². The van der Waals surface area contributed by atoms with Crippen LogP contribution in [0.4, 0.5) is 0 Å². The first-order chi connectivity index (χ1) is 9.06. The van der Waals surface area contributed by atoms with Gasteiger partial charge in [-0.05, 0) is 42.4 Å². The normalized spacial score (nSPS) is 12.8. The summed E-state index contributed by atoms with van der Waals surface area (Å²) in [5.74, 6) is 4.18. The van der Waals surface area contributed by atoms with Crippen molar-refractivity contribution in [1.29, 1.82) is 0 Å². The molecule has 0 aliphatic heterocycles. The van der Waals surface area contributed by atoms with E-state index < -0.39 is 0 Å². The molecule has 0 aromatic rings. The van der Waals surface area contributed by atoms with Crippen molar-refractivity contribution < 1.29 is 0 Å². The fourth-order valence-corrected chi connectivity index (χ4v) is 2.17. The van der Waals surface area contributed by atoms with Gasteiger partial charge in [0.2, 0.25) is 0 Å². The molecule has 0 fully saturated rings. The molecule has 0 heteroatoms. The Kier molecular flexibility index (Phi) is 13.7. The lowest BCUT2D eigenvalue weighted by molar-refractivity contribution is 0.358. The first kappa shape index (κ1) is 22.0. The molecule has 0 bridgehead atoms. The standard InChI is InChI=1S/C10H20.C10H22/c1-8(2)6-10(5)7-9(3)4;1-8(2)6-7-10(5)9(3)4/h8-9H,5-7H2,1-4H3;8-10H,6-7H2,1-5H3. The number of rotatable bonds is 8. The van der Waals surface area contributed by atoms with E-state index in [9.17, 15) is 0 Å². The van der Waals surface area contributed by atoms with E-state index in [0.29, 0.717) is 0 Å². The van der Waals surface area contributed by atoms with E-state index in [0.717, 1.165) is 29.6 Å². The summed E-state index contributed by atoms with van der Waals surface area (Å²) in [5, 5.41) is 0. The molecule has 0 rings (SSSR count). The van der Waals surface area contributed by atoms with Gasteiger partial charge < -0.3 is 0 Å². The van der Waals surface area contributed by atoms with Crippen molar-refractivity contribution in [3.05, 3.63) is 12.2 Å². The van der Waals surface area contributed by atoms with E-state index in [1.165, 1.54) is 31.3 Å². The van der Waals surface area contributed by atoms with Crippen LogP contribution in [0.3, 0.4) is 0 Å². The van der Waals surface area contributed by atoms with E-state index in [4.69, 9.17) is 0 Å². The van der Waals surface area contributed by atoms with E-state index in [1.807, 2.05) is 0 Å². The van der Waals surface area contributed by atoms with Crippen molar-refractivity contribution >= 4 is 0 Å². The average Bonchev–Trinajstić information content (AvgIpc) is 2.23. The second kappa shape index (κ2) is 12.5. The van der Waals surface area contributed by atoms with Gasteiger partial charge in [-0.2, -0.15) is 0 Å². The van der Waals surface area contributed by atoms with Crippen molar-refractivity contribution in [2.45, 2.75) is 88.0 Å². The first-order valence-corrected chi connectivity index (χ1v) is 8.72. The summed E-state index contributed by atoms with van der Waals surface area (Å²) in [6.07, 6.45) is 5.17. The molecule has 20 heavy (non-hydrogen) atoms. The van der Waals surface area contributed by atoms with Gasteiger partial charge in [0.25, 0.3) is 0 Å². The second-order valence-electron chi connectivity index (χ2n) is 8.14. The topological polar surface area (TPSA) is 0 Å². The first-order valence-electron chi connectivity index (χ1n) is 8.72. The maximum Gasteiger partial charge on any atom is -0.0300 e. The Morgan fingerprint density at radius 3 is 1.30 bits per heavy atom. The molecule has 1 atom stereocenters. The molecule has 1 unspecified atom stereocenters. The largest absolute Gasteiger partial charge is 0.0998 e. The highest BCUT2D eigenvalue weighted by Crippen LogP contribution is 2.18. The SMILES string of the molecule is C=C(CC(C)C)CC(C)C.CC(C)CCC(C)C(C)C. The third-order valence-electron chi connectivity index (χ3n) is 3.73. The van der Waals surface area contributed by atoms with Gasteiger partial charge in [0, 0.05) is 0 Å². The molecule has 122 valence electrons. The molecule has 0 saturated carbocycles. The van der Waals surface area contributed by atoms with E-state index >= 15 is 0 Å². The molecule has 0 spiro atoms. The number of hydrogen-bond donors (Lipinski definition) is 0. The Labute approximate surface area is 130 Å². The molecular weight excluding hydrogens is 240 g/mol. The average molecular weight is 283 g/mol. The van der Waals surface area contributed by atoms with Crippen LogP contribution in [0, 0.1) is 29.6 Å². The number of hydrogen-bond acceptors (Lipinski definition) is 0. The van der Waals surface area contributed by atoms with E-state index in [-0.39, 0.29) is 0 Å². The molecular formula is C20H42. The Bertz CT molecular complexity index is 208. The number of allylic oxidation sites excluding steroid dienone is 1. The van der Waals surface area contributed by atoms with Crippen LogP contribution in [0.1, 0.15) is 88.0 Å². The maximum absolute atomic E-state index is 4.04. The zero-order valence-electron chi connectivity index (χ0n) is 15.9. The molecule has 0 aliphatic carbocycles. The fraction of sp³-hybridized carbons (Fsp3) is 0.900. The van der Waals surface area contributed by atoms with Crippen LogP contribution >= 0.6 is 0 Å². The molecule has 0 N–H and O–H groups in total. The minimum atomic E-state index is 0.770. The molecule has 0 saturated heterocycles. The van der Waals surface area contributed by atoms with Gasteiger partial charge in [0.05, 0.1) is 0 Å². The lowest BCUT2D eigenvalue weighted by Gasteiger charge is -2.15. The second-order valence-corrected chi connectivity index (χ2v) is 8.14. The van der Waals surface area contributed by atoms with Crippen LogP contribution in [-0.2, 0) is 0 Å². The Balaban J connectivity index is 0. The van der Waals surface area contributed by atoms with Gasteiger partial charge >= 0.3 is 0 Å². The van der Waals surface area contributed by atoms with Crippen LogP contribution in [0.15, 0.2) is 12.2 Å². The lowest BCUT2D eigenvalue weighted by atomic mass is 9.91. The summed E-state index contributed by atoms with van der Waals surface area (Å²) in [6.45, 7) is 24.6. The molecule has 0 aromatic carbocycles. The van der Waals surface area contributed by atoms with E-state index in [2.05, 4.69) is 68.9 Å². The van der Waals surface area contributed by atoms with Crippen LogP contribution in [0.5, 0.6) is 0 Å². The minimum Gasteiger partial charge on any atom is -0.0998 e. The fourth-order valence-electron chi connectivity index (χ4n) is 2.17. The van der Waals surface area contributed by atoms with Gasteiger partial charge in [-0.15, -0.1) is 0 Å². The molecule has 0 aliphatic rings. The monoisotopic (exact) mass is 282 g/mol. The smallest absolute Gasteiger partial charge is 0.0300 e. The van der Waals surface area contributed by atoms with Gasteiger partial charge in [0.1, 0.15) is 0 Å². The van der Waals surface area contributed by atoms with Gasteiger partial charge in [-0.3, -0.25) is 0 Å². The summed E-state index contributed by atoms with van der Waals surface area (Å²) in [4.78, 5) is 0. The van der Waals surface area contributed by atoms with Gasteiger partial charge in [0.15, 0.2) is 0 Å². The molecule has 0 heterocycles. The van der Waals surface area contributed by atoms with Gasteiger partial charge in [-0.25, -0.2) is 0 Å². The summed E-state index contributed by atoms with van der Waals surface area (Å²) in [7, 11) is 0. The van der Waals surface area contributed by atoms with Crippen LogP contribution in [0.2, 0.25) is 0 Å². The van der Waals surface area contributed by atoms with Crippen molar-refractivity contribution in [3.8, 4) is 0 Å². The Hall–Kier alpha value is -0.260. The summed E-state index contributed by atoms with van der Waals surface area (Å²) < 4.78 is 0. The highest BCUT2D eigenvalue weighted by molar-refractivity contribution is 4.95. The lowest BCUT2D eigenvalue weighted by Crippen LogP contribution is -2.04. The zero-order valence-corrected chi connectivity index (χ0v) is 15.9. The van der Waals surface area contributed by atoms with Gasteiger partial charge in [-0.1, -0.05) is 87.3 Å². The Morgan fingerprint density at radius 2 is 1.05 bits per heavy atom. The zero-order chi connectivity index (χ0) is 16.3.